The number of benzene rings is 3. The summed E-state index contributed by atoms with van der Waals surface area (Å²) < 4.78 is 7.33. The van der Waals surface area contributed by atoms with E-state index in [1.54, 1.807) is 24.4 Å². The van der Waals surface area contributed by atoms with Crippen LogP contribution >= 0.6 is 23.2 Å². The molecule has 35 heavy (non-hydrogen) atoms. The molecule has 1 aliphatic rings. The summed E-state index contributed by atoms with van der Waals surface area (Å²) in [5, 5.41) is 6.24. The van der Waals surface area contributed by atoms with Crippen molar-refractivity contribution in [1.29, 1.82) is 0 Å². The SMILES string of the molecule is O=c1c2ccccc2nc(C2CCCCC2)n1N=Cc1ccc(OCc2ccccc2Cl)c(Cl)c1. The summed E-state index contributed by atoms with van der Waals surface area (Å²) in [4.78, 5) is 18.2. The largest absolute Gasteiger partial charge is 0.487 e. The van der Waals surface area contributed by atoms with Gasteiger partial charge in [0.05, 0.1) is 22.1 Å². The summed E-state index contributed by atoms with van der Waals surface area (Å²) in [5.41, 5.74) is 2.20. The summed E-state index contributed by atoms with van der Waals surface area (Å²) in [5.74, 6) is 1.51. The summed E-state index contributed by atoms with van der Waals surface area (Å²) in [6.07, 6.45) is 7.19. The third kappa shape index (κ3) is 5.26. The predicted molar refractivity (Wildman–Crippen MR) is 142 cm³/mol. The van der Waals surface area contributed by atoms with Gasteiger partial charge in [-0.2, -0.15) is 9.78 Å². The van der Waals surface area contributed by atoms with E-state index in [-0.39, 0.29) is 11.5 Å². The molecular weight excluding hydrogens is 481 g/mol. The van der Waals surface area contributed by atoms with Gasteiger partial charge in [0.2, 0.25) is 0 Å². The van der Waals surface area contributed by atoms with Crippen molar-refractivity contribution in [3.63, 3.8) is 0 Å². The maximum Gasteiger partial charge on any atom is 0.282 e. The minimum atomic E-state index is -0.154. The molecule has 0 N–H and O–H groups in total. The third-order valence-corrected chi connectivity index (χ3v) is 7.03. The van der Waals surface area contributed by atoms with E-state index in [0.717, 1.165) is 42.6 Å². The smallest absolute Gasteiger partial charge is 0.282 e. The van der Waals surface area contributed by atoms with Gasteiger partial charge in [0, 0.05) is 16.5 Å². The summed E-state index contributed by atoms with van der Waals surface area (Å²) in [7, 11) is 0. The molecule has 0 spiro atoms. The fraction of sp³-hybridized carbons (Fsp3) is 0.250. The van der Waals surface area contributed by atoms with Crippen molar-refractivity contribution in [3.8, 4) is 5.75 Å². The number of halogens is 2. The van der Waals surface area contributed by atoms with Gasteiger partial charge in [0.1, 0.15) is 18.2 Å². The molecule has 5 rings (SSSR count). The number of aromatic nitrogens is 2. The van der Waals surface area contributed by atoms with Crippen LogP contribution in [0.4, 0.5) is 0 Å². The quantitative estimate of drug-likeness (QED) is 0.260. The molecule has 0 bridgehead atoms. The Bertz CT molecular complexity index is 1440. The Balaban J connectivity index is 1.43. The van der Waals surface area contributed by atoms with Crippen LogP contribution < -0.4 is 10.3 Å². The normalized spacial score (nSPS) is 14.6. The zero-order valence-electron chi connectivity index (χ0n) is 19.2. The molecule has 0 amide bonds. The van der Waals surface area contributed by atoms with Crippen LogP contribution in [0.25, 0.3) is 10.9 Å². The first-order chi connectivity index (χ1) is 17.1. The zero-order valence-corrected chi connectivity index (χ0v) is 20.7. The van der Waals surface area contributed by atoms with E-state index in [2.05, 4.69) is 5.10 Å². The van der Waals surface area contributed by atoms with Crippen LogP contribution in [0.15, 0.2) is 76.6 Å². The number of hydrogen-bond donors (Lipinski definition) is 0. The molecule has 0 radical (unpaired) electrons. The first kappa shape index (κ1) is 23.6. The Morgan fingerprint density at radius 2 is 1.74 bits per heavy atom. The van der Waals surface area contributed by atoms with Crippen molar-refractivity contribution in [2.24, 2.45) is 5.10 Å². The van der Waals surface area contributed by atoms with Crippen molar-refractivity contribution >= 4 is 40.3 Å². The maximum atomic E-state index is 13.3. The molecule has 5 nitrogen and oxygen atoms in total. The molecule has 7 heteroatoms. The molecule has 4 aromatic rings. The third-order valence-electron chi connectivity index (χ3n) is 6.37. The van der Waals surface area contributed by atoms with Gasteiger partial charge < -0.3 is 4.74 Å². The topological polar surface area (TPSA) is 56.5 Å². The highest BCUT2D eigenvalue weighted by Crippen LogP contribution is 2.32. The Morgan fingerprint density at radius 3 is 2.54 bits per heavy atom. The second kappa shape index (κ2) is 10.6. The summed E-state index contributed by atoms with van der Waals surface area (Å²) >= 11 is 12.7. The molecule has 1 fully saturated rings. The van der Waals surface area contributed by atoms with Gasteiger partial charge in [0.15, 0.2) is 0 Å². The summed E-state index contributed by atoms with van der Waals surface area (Å²) in [6.45, 7) is 0.315. The standard InChI is InChI=1S/C28H25Cl2N3O2/c29-23-12-6-4-10-21(23)18-35-26-15-14-19(16-24(26)30)17-31-33-27(20-8-2-1-3-9-20)32-25-13-7-5-11-22(25)28(33)34/h4-7,10-17,20H,1-3,8-9,18H2. The molecule has 1 saturated carbocycles. The lowest BCUT2D eigenvalue weighted by molar-refractivity contribution is 0.306. The predicted octanol–water partition coefficient (Wildman–Crippen LogP) is 7.21. The lowest BCUT2D eigenvalue weighted by atomic mass is 9.88. The molecule has 1 aliphatic carbocycles. The van der Waals surface area contributed by atoms with Crippen LogP contribution in [0.1, 0.15) is 55.0 Å². The van der Waals surface area contributed by atoms with Crippen molar-refractivity contribution < 1.29 is 4.74 Å². The average Bonchev–Trinajstić information content (AvgIpc) is 2.89. The number of rotatable bonds is 6. The molecule has 0 aliphatic heterocycles. The van der Waals surface area contributed by atoms with E-state index in [1.807, 2.05) is 48.5 Å². The zero-order chi connectivity index (χ0) is 24.2. The molecule has 3 aromatic carbocycles. The highest BCUT2D eigenvalue weighted by Gasteiger charge is 2.22. The summed E-state index contributed by atoms with van der Waals surface area (Å²) in [6, 6.07) is 20.4. The van der Waals surface area contributed by atoms with E-state index in [9.17, 15) is 4.79 Å². The second-order valence-corrected chi connectivity index (χ2v) is 9.57. The van der Waals surface area contributed by atoms with E-state index in [1.165, 1.54) is 11.1 Å². The van der Waals surface area contributed by atoms with Gasteiger partial charge in [-0.1, -0.05) is 72.8 Å². The molecule has 0 unspecified atom stereocenters. The molecule has 1 heterocycles. The second-order valence-electron chi connectivity index (χ2n) is 8.75. The van der Waals surface area contributed by atoms with Gasteiger partial charge in [-0.25, -0.2) is 4.98 Å². The first-order valence-electron chi connectivity index (χ1n) is 11.8. The number of ether oxygens (including phenoxy) is 1. The maximum absolute atomic E-state index is 13.3. The monoisotopic (exact) mass is 505 g/mol. The molecule has 0 saturated heterocycles. The molecular formula is C28H25Cl2N3O2. The fourth-order valence-electron chi connectivity index (χ4n) is 4.49. The lowest BCUT2D eigenvalue weighted by Crippen LogP contribution is -2.25. The van der Waals surface area contributed by atoms with Crippen LogP contribution in [-0.4, -0.2) is 15.9 Å². The number of fused-ring (bicyclic) bond motifs is 1. The van der Waals surface area contributed by atoms with Gasteiger partial charge in [-0.15, -0.1) is 0 Å². The highest BCUT2D eigenvalue weighted by molar-refractivity contribution is 6.32. The highest BCUT2D eigenvalue weighted by atomic mass is 35.5. The van der Waals surface area contributed by atoms with Crippen molar-refractivity contribution in [2.75, 3.05) is 0 Å². The average molecular weight is 506 g/mol. The Kier molecular flexibility index (Phi) is 7.16. The van der Waals surface area contributed by atoms with Gasteiger partial charge in [-0.3, -0.25) is 4.79 Å². The van der Waals surface area contributed by atoms with Crippen LogP contribution in [0.2, 0.25) is 10.0 Å². The minimum absolute atomic E-state index is 0.154. The molecule has 1 aromatic heterocycles. The van der Waals surface area contributed by atoms with Crippen LogP contribution in [0.3, 0.4) is 0 Å². The van der Waals surface area contributed by atoms with E-state index < -0.39 is 0 Å². The minimum Gasteiger partial charge on any atom is -0.487 e. The van der Waals surface area contributed by atoms with Gasteiger partial charge >= 0.3 is 0 Å². The van der Waals surface area contributed by atoms with Crippen LogP contribution in [0.5, 0.6) is 5.75 Å². The van der Waals surface area contributed by atoms with Crippen molar-refractivity contribution in [2.45, 2.75) is 44.6 Å². The number of nitrogens with zero attached hydrogens (tertiary/aromatic N) is 3. The number of hydrogen-bond acceptors (Lipinski definition) is 4. The van der Waals surface area contributed by atoms with Crippen LogP contribution in [-0.2, 0) is 6.61 Å². The van der Waals surface area contributed by atoms with Gasteiger partial charge in [-0.05, 0) is 54.8 Å². The van der Waals surface area contributed by atoms with Gasteiger partial charge in [0.25, 0.3) is 5.56 Å². The Hall–Kier alpha value is -3.15. The van der Waals surface area contributed by atoms with Crippen LogP contribution in [0, 0.1) is 0 Å². The lowest BCUT2D eigenvalue weighted by Gasteiger charge is -2.22. The van der Waals surface area contributed by atoms with Crippen molar-refractivity contribution in [1.82, 2.24) is 9.66 Å². The molecule has 178 valence electrons. The Morgan fingerprint density at radius 1 is 0.971 bits per heavy atom. The van der Waals surface area contributed by atoms with Crippen molar-refractivity contribution in [3.05, 3.63) is 104 Å². The fourth-order valence-corrected chi connectivity index (χ4v) is 4.92. The first-order valence-corrected chi connectivity index (χ1v) is 12.6. The number of para-hydroxylation sites is 1. The molecule has 0 atom stereocenters. The van der Waals surface area contributed by atoms with E-state index in [4.69, 9.17) is 32.9 Å². The Labute approximate surface area is 214 Å². The van der Waals surface area contributed by atoms with E-state index in [0.29, 0.717) is 33.3 Å². The van der Waals surface area contributed by atoms with E-state index >= 15 is 0 Å².